The minimum absolute atomic E-state index is 0.213. The summed E-state index contributed by atoms with van der Waals surface area (Å²) in [5.74, 6) is 3.40. The van der Waals surface area contributed by atoms with Gasteiger partial charge in [0, 0.05) is 16.1 Å². The van der Waals surface area contributed by atoms with Crippen molar-refractivity contribution in [3.63, 3.8) is 0 Å². The minimum atomic E-state index is 0.213. The van der Waals surface area contributed by atoms with E-state index in [9.17, 15) is 0 Å². The third-order valence-corrected chi connectivity index (χ3v) is 6.08. The number of rotatable bonds is 2. The minimum Gasteiger partial charge on any atom is -0.497 e. The van der Waals surface area contributed by atoms with E-state index < -0.39 is 0 Å². The monoisotopic (exact) mass is 399 g/mol. The largest absolute Gasteiger partial charge is 0.497 e. The maximum absolute atomic E-state index is 5.59. The number of nitrogens with one attached hydrogen (secondary N) is 1. The predicted molar refractivity (Wildman–Crippen MR) is 99.6 cm³/mol. The summed E-state index contributed by atoms with van der Waals surface area (Å²) >= 11 is 3.73. The first kappa shape index (κ1) is 15.1. The average molecular weight is 400 g/mol. The summed E-state index contributed by atoms with van der Waals surface area (Å²) in [5, 5.41) is 3.75. The molecule has 4 nitrogen and oxygen atoms in total. The molecule has 25 heavy (non-hydrogen) atoms. The van der Waals surface area contributed by atoms with Gasteiger partial charge < -0.3 is 19.5 Å². The SMILES string of the molecule is COc1ccc2c(c1)[C@@H]1C=CC[C@@H]1[C@@H](c1cc3c(cc1Br)OCO3)N2. The Morgan fingerprint density at radius 3 is 2.80 bits per heavy atom. The molecule has 3 atom stereocenters. The van der Waals surface area contributed by atoms with E-state index in [1.807, 2.05) is 12.1 Å². The topological polar surface area (TPSA) is 39.7 Å². The van der Waals surface area contributed by atoms with Crippen LogP contribution >= 0.6 is 15.9 Å². The zero-order valence-corrected chi connectivity index (χ0v) is 15.4. The number of halogens is 1. The zero-order chi connectivity index (χ0) is 17.0. The van der Waals surface area contributed by atoms with Crippen LogP contribution in [0.3, 0.4) is 0 Å². The smallest absolute Gasteiger partial charge is 0.231 e. The van der Waals surface area contributed by atoms with Crippen molar-refractivity contribution in [1.29, 1.82) is 0 Å². The van der Waals surface area contributed by atoms with Gasteiger partial charge in [0.2, 0.25) is 6.79 Å². The van der Waals surface area contributed by atoms with Gasteiger partial charge in [-0.05, 0) is 53.8 Å². The van der Waals surface area contributed by atoms with Crippen LogP contribution in [0.15, 0.2) is 47.0 Å². The molecule has 0 radical (unpaired) electrons. The predicted octanol–water partition coefficient (Wildman–Crippen LogP) is 5.01. The third-order valence-electron chi connectivity index (χ3n) is 5.40. The van der Waals surface area contributed by atoms with E-state index >= 15 is 0 Å². The Bertz CT molecular complexity index is 879. The van der Waals surface area contributed by atoms with Crippen LogP contribution < -0.4 is 19.5 Å². The molecule has 1 aliphatic carbocycles. The second-order valence-electron chi connectivity index (χ2n) is 6.66. The summed E-state index contributed by atoms with van der Waals surface area (Å²) in [4.78, 5) is 0. The molecule has 2 heterocycles. The third kappa shape index (κ3) is 2.33. The summed E-state index contributed by atoms with van der Waals surface area (Å²) in [6.45, 7) is 0.291. The quantitative estimate of drug-likeness (QED) is 0.720. The van der Waals surface area contributed by atoms with Gasteiger partial charge in [0.15, 0.2) is 11.5 Å². The summed E-state index contributed by atoms with van der Waals surface area (Å²) in [7, 11) is 1.71. The normalized spacial score (nSPS) is 25.3. The first-order valence-corrected chi connectivity index (χ1v) is 9.24. The van der Waals surface area contributed by atoms with Crippen LogP contribution in [0.1, 0.15) is 29.5 Å². The van der Waals surface area contributed by atoms with Gasteiger partial charge in [-0.1, -0.05) is 28.1 Å². The Hall–Kier alpha value is -2.14. The van der Waals surface area contributed by atoms with Gasteiger partial charge in [-0.15, -0.1) is 0 Å². The van der Waals surface area contributed by atoms with Crippen molar-refractivity contribution in [2.75, 3.05) is 19.2 Å². The van der Waals surface area contributed by atoms with Gasteiger partial charge in [-0.2, -0.15) is 0 Å². The lowest BCUT2D eigenvalue weighted by atomic mass is 9.77. The van der Waals surface area contributed by atoms with Crippen molar-refractivity contribution < 1.29 is 14.2 Å². The van der Waals surface area contributed by atoms with E-state index in [1.54, 1.807) is 7.11 Å². The highest BCUT2D eigenvalue weighted by atomic mass is 79.9. The molecule has 5 rings (SSSR count). The second-order valence-corrected chi connectivity index (χ2v) is 7.51. The first-order chi connectivity index (χ1) is 12.2. The van der Waals surface area contributed by atoms with E-state index in [1.165, 1.54) is 16.8 Å². The van der Waals surface area contributed by atoms with Crippen LogP contribution in [-0.4, -0.2) is 13.9 Å². The second kappa shape index (κ2) is 5.70. The van der Waals surface area contributed by atoms with E-state index in [4.69, 9.17) is 14.2 Å². The van der Waals surface area contributed by atoms with Gasteiger partial charge in [0.1, 0.15) is 5.75 Å². The highest BCUT2D eigenvalue weighted by Crippen LogP contribution is 2.52. The van der Waals surface area contributed by atoms with Gasteiger partial charge in [-0.3, -0.25) is 0 Å². The number of methoxy groups -OCH3 is 1. The maximum Gasteiger partial charge on any atom is 0.231 e. The number of hydrogen-bond donors (Lipinski definition) is 1. The molecule has 0 fully saturated rings. The van der Waals surface area contributed by atoms with Crippen LogP contribution in [0.4, 0.5) is 5.69 Å². The van der Waals surface area contributed by atoms with Crippen molar-refractivity contribution in [3.8, 4) is 17.2 Å². The average Bonchev–Trinajstić information content (AvgIpc) is 3.29. The fourth-order valence-corrected chi connectivity index (χ4v) is 4.75. The molecular weight excluding hydrogens is 382 g/mol. The molecule has 0 spiro atoms. The van der Waals surface area contributed by atoms with E-state index in [-0.39, 0.29) is 6.04 Å². The molecule has 3 aliphatic rings. The highest BCUT2D eigenvalue weighted by molar-refractivity contribution is 9.10. The number of benzene rings is 2. The Labute approximate surface area is 154 Å². The summed E-state index contributed by atoms with van der Waals surface area (Å²) in [6, 6.07) is 10.6. The molecule has 2 aromatic rings. The fraction of sp³-hybridized carbons (Fsp3) is 0.300. The van der Waals surface area contributed by atoms with Gasteiger partial charge in [-0.25, -0.2) is 0 Å². The molecule has 2 aromatic carbocycles. The number of ether oxygens (including phenoxy) is 3. The van der Waals surface area contributed by atoms with E-state index in [0.29, 0.717) is 18.6 Å². The molecule has 0 amide bonds. The number of hydrogen-bond acceptors (Lipinski definition) is 4. The molecule has 2 aliphatic heterocycles. The van der Waals surface area contributed by atoms with Crippen LogP contribution in [0.25, 0.3) is 0 Å². The lowest BCUT2D eigenvalue weighted by Crippen LogP contribution is -2.29. The van der Waals surface area contributed by atoms with Crippen LogP contribution in [0, 0.1) is 5.92 Å². The number of fused-ring (bicyclic) bond motifs is 4. The Morgan fingerprint density at radius 2 is 1.96 bits per heavy atom. The molecule has 0 saturated heterocycles. The molecule has 5 heteroatoms. The van der Waals surface area contributed by atoms with Gasteiger partial charge in [0.05, 0.1) is 13.2 Å². The molecule has 0 aromatic heterocycles. The standard InChI is InChI=1S/C20H18BrNO3/c1-23-11-5-6-17-14(7-11)12-3-2-4-13(12)20(22-17)15-8-18-19(9-16(15)21)25-10-24-18/h2-3,5-9,12-13,20,22H,4,10H2,1H3/t12-,13+,20+/m1/s1. The first-order valence-electron chi connectivity index (χ1n) is 8.45. The lowest BCUT2D eigenvalue weighted by molar-refractivity contribution is 0.174. The van der Waals surface area contributed by atoms with Crippen LogP contribution in [0.2, 0.25) is 0 Å². The maximum atomic E-state index is 5.59. The molecule has 0 saturated carbocycles. The molecular formula is C20H18BrNO3. The van der Waals surface area contributed by atoms with Gasteiger partial charge >= 0.3 is 0 Å². The Morgan fingerprint density at radius 1 is 1.12 bits per heavy atom. The van der Waals surface area contributed by atoms with Crippen molar-refractivity contribution >= 4 is 21.6 Å². The van der Waals surface area contributed by atoms with E-state index in [2.05, 4.69) is 51.6 Å². The summed E-state index contributed by atoms with van der Waals surface area (Å²) < 4.78 is 17.6. The number of allylic oxidation sites excluding steroid dienone is 2. The van der Waals surface area contributed by atoms with Crippen molar-refractivity contribution in [2.24, 2.45) is 5.92 Å². The zero-order valence-electron chi connectivity index (χ0n) is 13.8. The summed E-state index contributed by atoms with van der Waals surface area (Å²) in [5.41, 5.74) is 3.69. The van der Waals surface area contributed by atoms with Crippen LogP contribution in [-0.2, 0) is 0 Å². The molecule has 0 bridgehead atoms. The Balaban J connectivity index is 1.59. The van der Waals surface area contributed by atoms with Gasteiger partial charge in [0.25, 0.3) is 0 Å². The summed E-state index contributed by atoms with van der Waals surface area (Å²) in [6.07, 6.45) is 5.68. The lowest BCUT2D eigenvalue weighted by Gasteiger charge is -2.38. The highest BCUT2D eigenvalue weighted by Gasteiger charge is 2.39. The van der Waals surface area contributed by atoms with Crippen molar-refractivity contribution in [3.05, 3.63) is 58.1 Å². The Kier molecular flexibility index (Phi) is 3.45. The van der Waals surface area contributed by atoms with Crippen LogP contribution in [0.5, 0.6) is 17.2 Å². The van der Waals surface area contributed by atoms with Crippen molar-refractivity contribution in [2.45, 2.75) is 18.4 Å². The molecule has 128 valence electrons. The fourth-order valence-electron chi connectivity index (χ4n) is 4.18. The molecule has 0 unspecified atom stereocenters. The van der Waals surface area contributed by atoms with E-state index in [0.717, 1.165) is 28.1 Å². The number of anilines is 1. The van der Waals surface area contributed by atoms with Crippen molar-refractivity contribution in [1.82, 2.24) is 0 Å². The molecule has 1 N–H and O–H groups in total.